The van der Waals surface area contributed by atoms with Crippen LogP contribution in [0, 0.1) is 0 Å². The summed E-state index contributed by atoms with van der Waals surface area (Å²) >= 11 is 0. The number of carbonyl (C=O) groups excluding carboxylic acids is 1. The molecule has 9 nitrogen and oxygen atoms in total. The Labute approximate surface area is 145 Å². The first kappa shape index (κ1) is 18.0. The Balaban J connectivity index is 1.70. The predicted molar refractivity (Wildman–Crippen MR) is 89.8 cm³/mol. The predicted octanol–water partition coefficient (Wildman–Crippen LogP) is -0.198. The lowest BCUT2D eigenvalue weighted by Crippen LogP contribution is -2.44. The van der Waals surface area contributed by atoms with Crippen LogP contribution in [0.15, 0.2) is 18.2 Å². The van der Waals surface area contributed by atoms with Gasteiger partial charge in [0.15, 0.2) is 21.3 Å². The number of ether oxygens (including phenoxy) is 2. The number of nitrogens with one attached hydrogen (secondary N) is 1. The molecule has 11 heteroatoms. The van der Waals surface area contributed by atoms with Crippen molar-refractivity contribution in [3.63, 3.8) is 0 Å². The van der Waals surface area contributed by atoms with Gasteiger partial charge >= 0.3 is 0 Å². The molecule has 25 heavy (non-hydrogen) atoms. The zero-order chi connectivity index (χ0) is 18.2. The summed E-state index contributed by atoms with van der Waals surface area (Å²) in [6, 6.07) is 4.10. The van der Waals surface area contributed by atoms with Gasteiger partial charge < -0.3 is 14.8 Å². The van der Waals surface area contributed by atoms with Crippen molar-refractivity contribution in [2.75, 3.05) is 36.4 Å². The zero-order valence-corrected chi connectivity index (χ0v) is 15.1. The standard InChI is InChI=1S/C14H18N2O7S2/c1-24(18,19)16(11-4-5-25(20,21)8-11)7-14(17)15-10-2-3-12-13(6-10)23-9-22-12/h2-3,6,11H,4-5,7-9H2,1H3,(H,15,17). The molecule has 0 spiro atoms. The van der Waals surface area contributed by atoms with E-state index in [4.69, 9.17) is 9.47 Å². The lowest BCUT2D eigenvalue weighted by atomic mass is 10.2. The van der Waals surface area contributed by atoms with Crippen LogP contribution in [0.2, 0.25) is 0 Å². The van der Waals surface area contributed by atoms with Crippen molar-refractivity contribution in [2.24, 2.45) is 0 Å². The van der Waals surface area contributed by atoms with Crippen molar-refractivity contribution < 1.29 is 31.1 Å². The minimum Gasteiger partial charge on any atom is -0.454 e. The monoisotopic (exact) mass is 390 g/mol. The topological polar surface area (TPSA) is 119 Å². The normalized spacial score (nSPS) is 21.4. The number of anilines is 1. The van der Waals surface area contributed by atoms with Crippen LogP contribution in [0.3, 0.4) is 0 Å². The molecule has 0 aromatic heterocycles. The van der Waals surface area contributed by atoms with E-state index in [1.54, 1.807) is 18.2 Å². The summed E-state index contributed by atoms with van der Waals surface area (Å²) in [5.41, 5.74) is 0.432. The average molecular weight is 390 g/mol. The van der Waals surface area contributed by atoms with E-state index in [0.717, 1.165) is 10.6 Å². The second-order valence-electron chi connectivity index (χ2n) is 5.98. The van der Waals surface area contributed by atoms with Crippen molar-refractivity contribution in [2.45, 2.75) is 12.5 Å². The van der Waals surface area contributed by atoms with Gasteiger partial charge in [-0.25, -0.2) is 16.8 Å². The highest BCUT2D eigenvalue weighted by atomic mass is 32.2. The molecule has 2 aliphatic heterocycles. The largest absolute Gasteiger partial charge is 0.454 e. The molecule has 1 N–H and O–H groups in total. The molecular weight excluding hydrogens is 372 g/mol. The lowest BCUT2D eigenvalue weighted by molar-refractivity contribution is -0.116. The van der Waals surface area contributed by atoms with E-state index < -0.39 is 38.4 Å². The highest BCUT2D eigenvalue weighted by Crippen LogP contribution is 2.34. The van der Waals surface area contributed by atoms with E-state index in [1.807, 2.05) is 0 Å². The Hall–Kier alpha value is -1.85. The third-order valence-corrected chi connectivity index (χ3v) is 7.03. The van der Waals surface area contributed by atoms with Crippen LogP contribution >= 0.6 is 0 Å². The van der Waals surface area contributed by atoms with Crippen molar-refractivity contribution in [3.05, 3.63) is 18.2 Å². The van der Waals surface area contributed by atoms with Gasteiger partial charge in [-0.3, -0.25) is 4.79 Å². The Kier molecular flexibility index (Phi) is 4.64. The molecule has 1 amide bonds. The molecule has 3 rings (SSSR count). The van der Waals surface area contributed by atoms with Gasteiger partial charge in [0.2, 0.25) is 22.7 Å². The van der Waals surface area contributed by atoms with Gasteiger partial charge in [0.1, 0.15) is 0 Å². The number of benzene rings is 1. The smallest absolute Gasteiger partial charge is 0.239 e. The van der Waals surface area contributed by atoms with Crippen LogP contribution in [0.4, 0.5) is 5.69 Å². The number of carbonyl (C=O) groups is 1. The van der Waals surface area contributed by atoms with Gasteiger partial charge in [-0.05, 0) is 18.6 Å². The Morgan fingerprint density at radius 2 is 2.04 bits per heavy atom. The summed E-state index contributed by atoms with van der Waals surface area (Å²) in [5, 5.41) is 2.59. The number of fused-ring (bicyclic) bond motifs is 1. The van der Waals surface area contributed by atoms with Crippen LogP contribution in [0.25, 0.3) is 0 Å². The molecule has 138 valence electrons. The van der Waals surface area contributed by atoms with Gasteiger partial charge in [0.05, 0.1) is 24.3 Å². The molecule has 1 saturated heterocycles. The molecule has 1 fully saturated rings. The Morgan fingerprint density at radius 3 is 2.68 bits per heavy atom. The van der Waals surface area contributed by atoms with Crippen molar-refractivity contribution >= 4 is 31.5 Å². The molecule has 0 aliphatic carbocycles. The number of rotatable bonds is 5. The van der Waals surface area contributed by atoms with E-state index in [-0.39, 0.29) is 24.7 Å². The molecule has 1 aromatic rings. The van der Waals surface area contributed by atoms with Crippen LogP contribution in [0.5, 0.6) is 11.5 Å². The Morgan fingerprint density at radius 1 is 1.32 bits per heavy atom. The molecule has 1 atom stereocenters. The molecule has 1 unspecified atom stereocenters. The van der Waals surface area contributed by atoms with Gasteiger partial charge in [0, 0.05) is 17.8 Å². The van der Waals surface area contributed by atoms with Gasteiger partial charge in [0.25, 0.3) is 0 Å². The Bertz CT molecular complexity index is 896. The van der Waals surface area contributed by atoms with E-state index in [2.05, 4.69) is 5.32 Å². The van der Waals surface area contributed by atoms with Gasteiger partial charge in [-0.2, -0.15) is 4.31 Å². The fourth-order valence-electron chi connectivity index (χ4n) is 2.84. The van der Waals surface area contributed by atoms with Crippen LogP contribution in [-0.4, -0.2) is 64.2 Å². The first-order valence-corrected chi connectivity index (χ1v) is 11.2. The minimum atomic E-state index is -3.73. The maximum Gasteiger partial charge on any atom is 0.239 e. The first-order valence-electron chi connectivity index (χ1n) is 7.51. The van der Waals surface area contributed by atoms with E-state index >= 15 is 0 Å². The number of hydrogen-bond donors (Lipinski definition) is 1. The number of sulfonamides is 1. The summed E-state index contributed by atoms with van der Waals surface area (Å²) in [6.07, 6.45) is 1.15. The number of amides is 1. The minimum absolute atomic E-state index is 0.0759. The van der Waals surface area contributed by atoms with Crippen LogP contribution in [-0.2, 0) is 24.7 Å². The van der Waals surface area contributed by atoms with Crippen molar-refractivity contribution in [3.8, 4) is 11.5 Å². The molecule has 1 aromatic carbocycles. The fourth-order valence-corrected chi connectivity index (χ4v) is 5.73. The fraction of sp³-hybridized carbons (Fsp3) is 0.500. The maximum atomic E-state index is 12.2. The first-order chi connectivity index (χ1) is 11.6. The molecule has 0 bridgehead atoms. The third kappa shape index (κ3) is 4.22. The second kappa shape index (κ2) is 6.46. The SMILES string of the molecule is CS(=O)(=O)N(CC(=O)Nc1ccc2c(c1)OCO2)C1CCS(=O)(=O)C1. The lowest BCUT2D eigenvalue weighted by Gasteiger charge is -2.24. The number of nitrogens with zero attached hydrogens (tertiary/aromatic N) is 1. The van der Waals surface area contributed by atoms with Crippen LogP contribution < -0.4 is 14.8 Å². The summed E-state index contributed by atoms with van der Waals surface area (Å²) < 4.78 is 58.5. The highest BCUT2D eigenvalue weighted by molar-refractivity contribution is 7.92. The summed E-state index contributed by atoms with van der Waals surface area (Å²) in [5.74, 6) is 0.144. The maximum absolute atomic E-state index is 12.2. The number of hydrogen-bond acceptors (Lipinski definition) is 7. The molecule has 2 aliphatic rings. The third-order valence-electron chi connectivity index (χ3n) is 4.00. The molecule has 2 heterocycles. The van der Waals surface area contributed by atoms with E-state index in [0.29, 0.717) is 17.2 Å². The highest BCUT2D eigenvalue weighted by Gasteiger charge is 2.37. The average Bonchev–Trinajstić information content (AvgIpc) is 3.09. The zero-order valence-electron chi connectivity index (χ0n) is 13.5. The summed E-state index contributed by atoms with van der Waals surface area (Å²) in [6.45, 7) is -0.349. The second-order valence-corrected chi connectivity index (χ2v) is 10.1. The van der Waals surface area contributed by atoms with Crippen molar-refractivity contribution in [1.82, 2.24) is 4.31 Å². The van der Waals surface area contributed by atoms with Crippen molar-refractivity contribution in [1.29, 1.82) is 0 Å². The molecule has 0 radical (unpaired) electrons. The number of sulfone groups is 1. The quantitative estimate of drug-likeness (QED) is 0.739. The van der Waals surface area contributed by atoms with E-state index in [1.165, 1.54) is 0 Å². The summed E-state index contributed by atoms with van der Waals surface area (Å²) in [4.78, 5) is 12.2. The summed E-state index contributed by atoms with van der Waals surface area (Å²) in [7, 11) is -7.00. The molecule has 0 saturated carbocycles. The van der Waals surface area contributed by atoms with Gasteiger partial charge in [-0.15, -0.1) is 0 Å². The van der Waals surface area contributed by atoms with E-state index in [9.17, 15) is 21.6 Å². The van der Waals surface area contributed by atoms with Gasteiger partial charge in [-0.1, -0.05) is 0 Å². The van der Waals surface area contributed by atoms with Crippen LogP contribution in [0.1, 0.15) is 6.42 Å². The molecular formula is C14H18N2O7S2.